The first kappa shape index (κ1) is 18.6. The Labute approximate surface area is 106 Å². The monoisotopic (exact) mass is 260 g/mol. The fourth-order valence-corrected chi connectivity index (χ4v) is 0.889. The SMILES string of the molecule is CCCCC(=O)C(=O)O.CCCCC(=O)C(=O)O. The Morgan fingerprint density at radius 2 is 1.00 bits per heavy atom. The Morgan fingerprint density at radius 3 is 1.17 bits per heavy atom. The number of aliphatic carboxylic acids is 2. The van der Waals surface area contributed by atoms with E-state index in [1.54, 1.807) is 0 Å². The molecule has 0 amide bonds. The van der Waals surface area contributed by atoms with E-state index in [4.69, 9.17) is 10.2 Å². The quantitative estimate of drug-likeness (QED) is 0.642. The molecule has 0 aliphatic rings. The lowest BCUT2D eigenvalue weighted by atomic mass is 10.2. The van der Waals surface area contributed by atoms with Crippen molar-refractivity contribution in [3.8, 4) is 0 Å². The number of hydrogen-bond acceptors (Lipinski definition) is 4. The fraction of sp³-hybridized carbons (Fsp3) is 0.667. The predicted molar refractivity (Wildman–Crippen MR) is 64.3 cm³/mol. The van der Waals surface area contributed by atoms with Crippen LogP contribution in [0, 0.1) is 0 Å². The van der Waals surface area contributed by atoms with Crippen LogP contribution in [-0.2, 0) is 19.2 Å². The molecule has 0 atom stereocenters. The van der Waals surface area contributed by atoms with Gasteiger partial charge in [0.1, 0.15) is 0 Å². The molecule has 0 aromatic heterocycles. The molecule has 6 nitrogen and oxygen atoms in total. The number of ketones is 2. The highest BCUT2D eigenvalue weighted by Gasteiger charge is 2.09. The molecule has 0 fully saturated rings. The standard InChI is InChI=1S/2C6H10O3/c2*1-2-3-4-5(7)6(8)9/h2*2-4H2,1H3,(H,8,9). The van der Waals surface area contributed by atoms with Crippen LogP contribution >= 0.6 is 0 Å². The first-order valence-electron chi connectivity index (χ1n) is 5.89. The lowest BCUT2D eigenvalue weighted by molar-refractivity contribution is -0.149. The summed E-state index contributed by atoms with van der Waals surface area (Å²) in [6.45, 7) is 3.82. The van der Waals surface area contributed by atoms with Gasteiger partial charge in [-0.25, -0.2) is 9.59 Å². The van der Waals surface area contributed by atoms with Gasteiger partial charge in [0.05, 0.1) is 0 Å². The molecule has 0 aliphatic carbocycles. The van der Waals surface area contributed by atoms with Crippen LogP contribution in [0.1, 0.15) is 52.4 Å². The van der Waals surface area contributed by atoms with Crippen LogP contribution in [-0.4, -0.2) is 33.7 Å². The smallest absolute Gasteiger partial charge is 0.372 e. The Balaban J connectivity index is 0. The summed E-state index contributed by atoms with van der Waals surface area (Å²) in [7, 11) is 0. The summed E-state index contributed by atoms with van der Waals surface area (Å²) in [4.78, 5) is 40.3. The number of hydrogen-bond donors (Lipinski definition) is 2. The summed E-state index contributed by atoms with van der Waals surface area (Å²) in [5, 5.41) is 16.1. The van der Waals surface area contributed by atoms with E-state index in [1.807, 2.05) is 13.8 Å². The summed E-state index contributed by atoms with van der Waals surface area (Å²) in [5.41, 5.74) is 0. The maximum absolute atomic E-state index is 10.3. The lowest BCUT2D eigenvalue weighted by Crippen LogP contribution is -2.11. The van der Waals surface area contributed by atoms with E-state index in [-0.39, 0.29) is 12.8 Å². The maximum Gasteiger partial charge on any atom is 0.372 e. The third-order valence-electron chi connectivity index (χ3n) is 1.99. The molecule has 2 N–H and O–H groups in total. The summed E-state index contributed by atoms with van der Waals surface area (Å²) in [6, 6.07) is 0. The van der Waals surface area contributed by atoms with E-state index >= 15 is 0 Å². The van der Waals surface area contributed by atoms with Gasteiger partial charge in [0, 0.05) is 12.8 Å². The molecule has 0 spiro atoms. The van der Waals surface area contributed by atoms with Gasteiger partial charge < -0.3 is 10.2 Å². The van der Waals surface area contributed by atoms with E-state index in [2.05, 4.69) is 0 Å². The molecule has 0 saturated carbocycles. The molecule has 0 radical (unpaired) electrons. The number of carbonyl (C=O) groups is 4. The van der Waals surface area contributed by atoms with Crippen LogP contribution in [0.2, 0.25) is 0 Å². The van der Waals surface area contributed by atoms with Gasteiger partial charge in [0.2, 0.25) is 11.6 Å². The Hall–Kier alpha value is -1.72. The first-order valence-corrected chi connectivity index (χ1v) is 5.89. The molecule has 0 heterocycles. The first-order chi connectivity index (χ1) is 8.36. The zero-order valence-electron chi connectivity index (χ0n) is 10.8. The highest BCUT2D eigenvalue weighted by molar-refractivity contribution is 6.32. The summed E-state index contributed by atoms with van der Waals surface area (Å²) >= 11 is 0. The van der Waals surface area contributed by atoms with Crippen LogP contribution in [0.4, 0.5) is 0 Å². The average Bonchev–Trinajstić information content (AvgIpc) is 2.33. The minimum atomic E-state index is -1.32. The molecular formula is C12H20O6. The highest BCUT2D eigenvalue weighted by atomic mass is 16.4. The van der Waals surface area contributed by atoms with Crippen molar-refractivity contribution >= 4 is 23.5 Å². The number of rotatable bonds is 8. The van der Waals surface area contributed by atoms with Crippen LogP contribution in [0.25, 0.3) is 0 Å². The van der Waals surface area contributed by atoms with E-state index in [9.17, 15) is 19.2 Å². The van der Waals surface area contributed by atoms with Crippen LogP contribution in [0.5, 0.6) is 0 Å². The second kappa shape index (κ2) is 11.8. The molecule has 0 aromatic rings. The second-order valence-corrected chi connectivity index (χ2v) is 3.66. The third kappa shape index (κ3) is 12.4. The van der Waals surface area contributed by atoms with Crippen molar-refractivity contribution < 1.29 is 29.4 Å². The molecular weight excluding hydrogens is 240 g/mol. The number of Topliss-reactive ketones (excluding diaryl/α,β-unsaturated/α-hetero) is 2. The molecule has 0 bridgehead atoms. The average molecular weight is 260 g/mol. The molecule has 18 heavy (non-hydrogen) atoms. The van der Waals surface area contributed by atoms with Crippen molar-refractivity contribution in [2.24, 2.45) is 0 Å². The van der Waals surface area contributed by atoms with Gasteiger partial charge >= 0.3 is 11.9 Å². The number of carbonyl (C=O) groups excluding carboxylic acids is 2. The minimum Gasteiger partial charge on any atom is -0.476 e. The zero-order valence-corrected chi connectivity index (χ0v) is 10.8. The van der Waals surface area contributed by atoms with Gasteiger partial charge in [-0.15, -0.1) is 0 Å². The van der Waals surface area contributed by atoms with Gasteiger partial charge in [0.15, 0.2) is 0 Å². The third-order valence-corrected chi connectivity index (χ3v) is 1.99. The summed E-state index contributed by atoms with van der Waals surface area (Å²) in [6.07, 6.45) is 3.41. The molecule has 0 saturated heterocycles. The van der Waals surface area contributed by atoms with E-state index in [1.165, 1.54) is 0 Å². The van der Waals surface area contributed by atoms with Crippen molar-refractivity contribution in [3.63, 3.8) is 0 Å². The van der Waals surface area contributed by atoms with E-state index < -0.39 is 23.5 Å². The molecule has 0 aliphatic heterocycles. The topological polar surface area (TPSA) is 109 Å². The normalized spacial score (nSPS) is 9.00. The Bertz CT molecular complexity index is 265. The van der Waals surface area contributed by atoms with Crippen molar-refractivity contribution in [2.75, 3.05) is 0 Å². The summed E-state index contributed by atoms with van der Waals surface area (Å²) < 4.78 is 0. The predicted octanol–water partition coefficient (Wildman–Crippen LogP) is 1.66. The van der Waals surface area contributed by atoms with E-state index in [0.29, 0.717) is 12.8 Å². The van der Waals surface area contributed by atoms with Crippen LogP contribution in [0.15, 0.2) is 0 Å². The minimum absolute atomic E-state index is 0.172. The number of unbranched alkanes of at least 4 members (excludes halogenated alkanes) is 2. The van der Waals surface area contributed by atoms with Crippen LogP contribution in [0.3, 0.4) is 0 Å². The zero-order chi connectivity index (χ0) is 14.6. The number of carboxylic acid groups (broad SMARTS) is 2. The largest absolute Gasteiger partial charge is 0.476 e. The van der Waals surface area contributed by atoms with Crippen molar-refractivity contribution in [1.82, 2.24) is 0 Å². The van der Waals surface area contributed by atoms with Crippen molar-refractivity contribution in [1.29, 1.82) is 0 Å². The molecule has 104 valence electrons. The Kier molecular flexibility index (Phi) is 12.2. The molecule has 0 rings (SSSR count). The van der Waals surface area contributed by atoms with Crippen molar-refractivity contribution in [2.45, 2.75) is 52.4 Å². The van der Waals surface area contributed by atoms with E-state index in [0.717, 1.165) is 12.8 Å². The van der Waals surface area contributed by atoms with Gasteiger partial charge in [0.25, 0.3) is 0 Å². The van der Waals surface area contributed by atoms with Gasteiger partial charge in [-0.1, -0.05) is 26.7 Å². The fourth-order valence-electron chi connectivity index (χ4n) is 0.889. The molecule has 6 heteroatoms. The van der Waals surface area contributed by atoms with Crippen molar-refractivity contribution in [3.05, 3.63) is 0 Å². The highest BCUT2D eigenvalue weighted by Crippen LogP contribution is 1.94. The van der Waals surface area contributed by atoms with Crippen LogP contribution < -0.4 is 0 Å². The van der Waals surface area contributed by atoms with Gasteiger partial charge in [-0.3, -0.25) is 9.59 Å². The molecule has 0 unspecified atom stereocenters. The maximum atomic E-state index is 10.3. The Morgan fingerprint density at radius 1 is 0.722 bits per heavy atom. The summed E-state index contributed by atoms with van der Waals surface area (Å²) in [5.74, 6) is -4.00. The number of carboxylic acids is 2. The molecule has 0 aromatic carbocycles. The van der Waals surface area contributed by atoms with Gasteiger partial charge in [-0.2, -0.15) is 0 Å². The second-order valence-electron chi connectivity index (χ2n) is 3.66. The lowest BCUT2D eigenvalue weighted by Gasteiger charge is -1.89. The van der Waals surface area contributed by atoms with Gasteiger partial charge in [-0.05, 0) is 12.8 Å².